The number of hydrogen-bond acceptors (Lipinski definition) is 4. The third kappa shape index (κ3) is 4.75. The number of benzene rings is 2. The van der Waals surface area contributed by atoms with E-state index in [-0.39, 0.29) is 17.1 Å². The number of phenols is 1. The Labute approximate surface area is 171 Å². The van der Waals surface area contributed by atoms with E-state index in [0.717, 1.165) is 17.7 Å². The highest BCUT2D eigenvalue weighted by Crippen LogP contribution is 2.31. The van der Waals surface area contributed by atoms with Crippen molar-refractivity contribution in [2.24, 2.45) is 0 Å². The number of allylic oxidation sites excluding steroid dienone is 1. The van der Waals surface area contributed by atoms with Gasteiger partial charge in [0.05, 0.1) is 12.7 Å². The van der Waals surface area contributed by atoms with Crippen LogP contribution in [-0.4, -0.2) is 35.5 Å². The van der Waals surface area contributed by atoms with Gasteiger partial charge < -0.3 is 9.84 Å². The number of piperidine rings is 1. The van der Waals surface area contributed by atoms with Gasteiger partial charge in [-0.1, -0.05) is 36.2 Å². The lowest BCUT2D eigenvalue weighted by molar-refractivity contribution is 0.104. The molecule has 0 aromatic heterocycles. The van der Waals surface area contributed by atoms with Gasteiger partial charge in [0.2, 0.25) is 0 Å². The average Bonchev–Trinajstić information content (AvgIpc) is 2.69. The van der Waals surface area contributed by atoms with Gasteiger partial charge in [0, 0.05) is 29.2 Å². The van der Waals surface area contributed by atoms with Crippen LogP contribution in [0.3, 0.4) is 0 Å². The van der Waals surface area contributed by atoms with Crippen molar-refractivity contribution in [3.05, 3.63) is 64.2 Å². The number of methoxy groups -OCH3 is 1. The fraction of sp³-hybridized carbons (Fsp3) is 0.348. The second-order valence-corrected chi connectivity index (χ2v) is 7.62. The zero-order chi connectivity index (χ0) is 20.1. The number of ether oxygens (including phenoxy) is 1. The van der Waals surface area contributed by atoms with Crippen LogP contribution >= 0.6 is 11.6 Å². The Morgan fingerprint density at radius 2 is 2.11 bits per heavy atom. The first-order chi connectivity index (χ1) is 13.5. The zero-order valence-corrected chi connectivity index (χ0v) is 17.1. The highest BCUT2D eigenvalue weighted by Gasteiger charge is 2.21. The molecule has 2 aromatic rings. The van der Waals surface area contributed by atoms with E-state index in [1.54, 1.807) is 25.3 Å². The summed E-state index contributed by atoms with van der Waals surface area (Å²) in [6.45, 7) is 3.95. The maximum absolute atomic E-state index is 12.7. The summed E-state index contributed by atoms with van der Waals surface area (Å²) in [6.07, 6.45) is 6.71. The summed E-state index contributed by atoms with van der Waals surface area (Å²) in [5.74, 6) is 0.246. The monoisotopic (exact) mass is 399 g/mol. The Kier molecular flexibility index (Phi) is 6.76. The molecule has 0 bridgehead atoms. The lowest BCUT2D eigenvalue weighted by Gasteiger charge is -2.33. The summed E-state index contributed by atoms with van der Waals surface area (Å²) < 4.78 is 5.45. The Morgan fingerprint density at radius 3 is 2.82 bits per heavy atom. The number of likely N-dealkylation sites (tertiary alicyclic amines) is 1. The highest BCUT2D eigenvalue weighted by atomic mass is 35.5. The number of carbonyl (C=O) groups is 1. The predicted octanol–water partition coefficient (Wildman–Crippen LogP) is 5.32. The first-order valence-corrected chi connectivity index (χ1v) is 9.98. The van der Waals surface area contributed by atoms with Crippen molar-refractivity contribution in [3.63, 3.8) is 0 Å². The van der Waals surface area contributed by atoms with Crippen LogP contribution in [0.1, 0.15) is 47.7 Å². The second kappa shape index (κ2) is 9.26. The summed E-state index contributed by atoms with van der Waals surface area (Å²) in [7, 11) is 1.58. The molecule has 148 valence electrons. The highest BCUT2D eigenvalue weighted by molar-refractivity contribution is 6.32. The Bertz CT molecular complexity index is 878. The first-order valence-electron chi connectivity index (χ1n) is 9.60. The molecule has 2 aromatic carbocycles. The quantitative estimate of drug-likeness (QED) is 0.527. The molecule has 0 spiro atoms. The molecule has 3 rings (SSSR count). The van der Waals surface area contributed by atoms with Gasteiger partial charge in [0.15, 0.2) is 5.78 Å². The minimum atomic E-state index is -0.270. The topological polar surface area (TPSA) is 49.8 Å². The van der Waals surface area contributed by atoms with Gasteiger partial charge in [0.25, 0.3) is 0 Å². The van der Waals surface area contributed by atoms with Crippen molar-refractivity contribution >= 4 is 23.5 Å². The molecule has 4 nitrogen and oxygen atoms in total. The summed E-state index contributed by atoms with van der Waals surface area (Å²) in [4.78, 5) is 15.1. The number of nitrogens with zero attached hydrogens (tertiary/aromatic N) is 1. The molecule has 0 amide bonds. The molecule has 1 atom stereocenters. The van der Waals surface area contributed by atoms with Gasteiger partial charge in [-0.05, 0) is 56.2 Å². The number of carbonyl (C=O) groups excluding carboxylic acids is 1. The van der Waals surface area contributed by atoms with Crippen molar-refractivity contribution in [2.75, 3.05) is 13.7 Å². The number of phenolic OH excluding ortho intramolecular Hbond substituents is 1. The summed E-state index contributed by atoms with van der Waals surface area (Å²) >= 11 is 6.14. The van der Waals surface area contributed by atoms with Crippen LogP contribution in [0.2, 0.25) is 5.02 Å². The normalized spacial score (nSPS) is 17.8. The minimum Gasteiger partial charge on any atom is -0.507 e. The van der Waals surface area contributed by atoms with E-state index in [1.807, 2.05) is 18.2 Å². The van der Waals surface area contributed by atoms with Crippen molar-refractivity contribution < 1.29 is 14.6 Å². The van der Waals surface area contributed by atoms with Gasteiger partial charge in [-0.25, -0.2) is 0 Å². The molecule has 1 fully saturated rings. The minimum absolute atomic E-state index is 0.0823. The number of hydrogen-bond donors (Lipinski definition) is 1. The molecule has 28 heavy (non-hydrogen) atoms. The maximum Gasteiger partial charge on any atom is 0.189 e. The Hall–Kier alpha value is -2.30. The zero-order valence-electron chi connectivity index (χ0n) is 16.3. The lowest BCUT2D eigenvalue weighted by atomic mass is 10.00. The Balaban J connectivity index is 1.86. The van der Waals surface area contributed by atoms with Crippen molar-refractivity contribution in [1.82, 2.24) is 4.90 Å². The van der Waals surface area contributed by atoms with Crippen LogP contribution in [0.15, 0.2) is 42.5 Å². The molecule has 1 saturated heterocycles. The summed E-state index contributed by atoms with van der Waals surface area (Å²) in [5.41, 5.74) is 1.93. The van der Waals surface area contributed by atoms with Crippen LogP contribution in [0.4, 0.5) is 0 Å². The molecular weight excluding hydrogens is 374 g/mol. The third-order valence-electron chi connectivity index (χ3n) is 5.30. The SMILES string of the molecule is COc1cc(O)c(C(=O)/C=C/c2ccccc2Cl)cc1CN1CCCCC1C. The fourth-order valence-corrected chi connectivity index (χ4v) is 3.80. The van der Waals surface area contributed by atoms with Crippen LogP contribution in [0, 0.1) is 0 Å². The summed E-state index contributed by atoms with van der Waals surface area (Å²) in [6, 6.07) is 11.1. The molecule has 0 radical (unpaired) electrons. The van der Waals surface area contributed by atoms with E-state index >= 15 is 0 Å². The van der Waals surface area contributed by atoms with Gasteiger partial charge >= 0.3 is 0 Å². The largest absolute Gasteiger partial charge is 0.507 e. The van der Waals surface area contributed by atoms with E-state index in [4.69, 9.17) is 16.3 Å². The molecule has 1 aliphatic rings. The fourth-order valence-electron chi connectivity index (χ4n) is 3.60. The van der Waals surface area contributed by atoms with Gasteiger partial charge in [-0.15, -0.1) is 0 Å². The Morgan fingerprint density at radius 1 is 1.32 bits per heavy atom. The third-order valence-corrected chi connectivity index (χ3v) is 5.64. The van der Waals surface area contributed by atoms with E-state index in [9.17, 15) is 9.90 Å². The molecular formula is C23H26ClNO3. The standard InChI is InChI=1S/C23H26ClNO3/c1-16-7-5-6-12-25(16)15-18-13-19(22(27)14-23(18)28-2)21(26)11-10-17-8-3-4-9-20(17)24/h3-4,8-11,13-14,16,27H,5-7,12,15H2,1-2H3/b11-10+. The molecule has 1 N–H and O–H groups in total. The van der Waals surface area contributed by atoms with Gasteiger partial charge in [0.1, 0.15) is 11.5 Å². The lowest BCUT2D eigenvalue weighted by Crippen LogP contribution is -2.36. The summed E-state index contributed by atoms with van der Waals surface area (Å²) in [5, 5.41) is 10.9. The van der Waals surface area contributed by atoms with Crippen LogP contribution in [0.25, 0.3) is 6.08 Å². The van der Waals surface area contributed by atoms with Gasteiger partial charge in [-0.3, -0.25) is 9.69 Å². The number of ketones is 1. The van der Waals surface area contributed by atoms with E-state index in [1.165, 1.54) is 31.4 Å². The molecule has 1 heterocycles. The molecule has 1 aliphatic heterocycles. The smallest absolute Gasteiger partial charge is 0.189 e. The predicted molar refractivity (Wildman–Crippen MR) is 113 cm³/mol. The van der Waals surface area contributed by atoms with Crippen molar-refractivity contribution in [3.8, 4) is 11.5 Å². The number of halogens is 1. The first kappa shape index (κ1) is 20.4. The molecule has 1 unspecified atom stereocenters. The number of aromatic hydroxyl groups is 1. The van der Waals surface area contributed by atoms with Crippen molar-refractivity contribution in [1.29, 1.82) is 0 Å². The van der Waals surface area contributed by atoms with Crippen LogP contribution in [0.5, 0.6) is 11.5 Å². The van der Waals surface area contributed by atoms with Crippen LogP contribution in [-0.2, 0) is 6.54 Å². The number of rotatable bonds is 6. The van der Waals surface area contributed by atoms with E-state index < -0.39 is 0 Å². The van der Waals surface area contributed by atoms with Gasteiger partial charge in [-0.2, -0.15) is 0 Å². The second-order valence-electron chi connectivity index (χ2n) is 7.22. The van der Waals surface area contributed by atoms with Crippen molar-refractivity contribution in [2.45, 2.75) is 38.8 Å². The average molecular weight is 400 g/mol. The van der Waals surface area contributed by atoms with E-state index in [0.29, 0.717) is 23.4 Å². The molecule has 5 heteroatoms. The van der Waals surface area contributed by atoms with E-state index in [2.05, 4.69) is 11.8 Å². The molecule has 0 saturated carbocycles. The van der Waals surface area contributed by atoms with Crippen LogP contribution < -0.4 is 4.74 Å². The maximum atomic E-state index is 12.7. The molecule has 0 aliphatic carbocycles.